The first-order chi connectivity index (χ1) is 10.9. The predicted molar refractivity (Wildman–Crippen MR) is 87.0 cm³/mol. The SMILES string of the molecule is CS(=O)(=O)N1CCc2cc(C(=O)O[C@H]3C[C@H]4CC[C@H]3C4)ccc21. The fraction of sp³-hybridized carbons (Fsp3) is 0.588. The molecule has 1 aromatic rings. The first-order valence-electron chi connectivity index (χ1n) is 8.23. The number of sulfonamides is 1. The van der Waals surface area contributed by atoms with Gasteiger partial charge in [-0.1, -0.05) is 0 Å². The van der Waals surface area contributed by atoms with Crippen LogP contribution in [0, 0.1) is 11.8 Å². The Morgan fingerprint density at radius 1 is 1.26 bits per heavy atom. The molecule has 3 atom stereocenters. The summed E-state index contributed by atoms with van der Waals surface area (Å²) in [5.74, 6) is 1.00. The average Bonchev–Trinajstić information content (AvgIpc) is 3.20. The number of esters is 1. The Bertz CT molecular complexity index is 758. The Balaban J connectivity index is 1.51. The Hall–Kier alpha value is -1.56. The largest absolute Gasteiger partial charge is 0.458 e. The fourth-order valence-electron chi connectivity index (χ4n) is 4.38. The zero-order valence-electron chi connectivity index (χ0n) is 13.2. The highest BCUT2D eigenvalue weighted by atomic mass is 32.2. The number of benzene rings is 1. The maximum Gasteiger partial charge on any atom is 0.338 e. The van der Waals surface area contributed by atoms with Crippen LogP contribution >= 0.6 is 0 Å². The standard InChI is InChI=1S/C17H21NO4S/c1-23(20,21)18-7-6-12-10-14(4-5-15(12)18)17(19)22-16-9-11-2-3-13(16)8-11/h4-5,10-11,13,16H,2-3,6-9H2,1H3/t11-,13-,16-/m0/s1. The van der Waals surface area contributed by atoms with E-state index < -0.39 is 10.0 Å². The average molecular weight is 335 g/mol. The van der Waals surface area contributed by atoms with Gasteiger partial charge in [0, 0.05) is 6.54 Å². The van der Waals surface area contributed by atoms with Crippen LogP contribution in [0.25, 0.3) is 0 Å². The highest BCUT2D eigenvalue weighted by molar-refractivity contribution is 7.92. The normalized spacial score (nSPS) is 28.9. The summed E-state index contributed by atoms with van der Waals surface area (Å²) in [7, 11) is -3.26. The minimum absolute atomic E-state index is 0.0713. The van der Waals surface area contributed by atoms with Crippen LogP contribution in [0.4, 0.5) is 5.69 Å². The monoisotopic (exact) mass is 335 g/mol. The van der Waals surface area contributed by atoms with Gasteiger partial charge in [-0.3, -0.25) is 4.31 Å². The zero-order valence-corrected chi connectivity index (χ0v) is 14.0. The van der Waals surface area contributed by atoms with Gasteiger partial charge < -0.3 is 4.74 Å². The summed E-state index contributed by atoms with van der Waals surface area (Å²) in [5, 5.41) is 0. The summed E-state index contributed by atoms with van der Waals surface area (Å²) in [6.45, 7) is 0.443. The number of ether oxygens (including phenoxy) is 1. The van der Waals surface area contributed by atoms with Crippen LogP contribution < -0.4 is 4.31 Å². The van der Waals surface area contributed by atoms with Gasteiger partial charge in [-0.2, -0.15) is 0 Å². The minimum atomic E-state index is -3.26. The molecule has 2 fully saturated rings. The molecule has 124 valence electrons. The van der Waals surface area contributed by atoms with Gasteiger partial charge in [-0.05, 0) is 67.7 Å². The van der Waals surface area contributed by atoms with Gasteiger partial charge in [0.15, 0.2) is 0 Å². The number of fused-ring (bicyclic) bond motifs is 3. The third-order valence-corrected chi connectivity index (χ3v) is 6.68. The van der Waals surface area contributed by atoms with Crippen molar-refractivity contribution in [1.82, 2.24) is 0 Å². The first kappa shape index (κ1) is 15.0. The number of hydrogen-bond donors (Lipinski definition) is 0. The second-order valence-electron chi connectivity index (χ2n) is 7.05. The van der Waals surface area contributed by atoms with Crippen molar-refractivity contribution in [2.45, 2.75) is 38.2 Å². The van der Waals surface area contributed by atoms with Gasteiger partial charge in [0.1, 0.15) is 6.10 Å². The second kappa shape index (κ2) is 5.23. The van der Waals surface area contributed by atoms with Crippen molar-refractivity contribution in [2.24, 2.45) is 11.8 Å². The van der Waals surface area contributed by atoms with Crippen LogP contribution in [0.15, 0.2) is 18.2 Å². The molecule has 5 nitrogen and oxygen atoms in total. The molecule has 0 radical (unpaired) electrons. The quantitative estimate of drug-likeness (QED) is 0.796. The van der Waals surface area contributed by atoms with E-state index in [4.69, 9.17) is 4.74 Å². The van der Waals surface area contributed by atoms with Crippen LogP contribution in [-0.2, 0) is 21.2 Å². The molecule has 3 aliphatic rings. The molecule has 4 rings (SSSR count). The van der Waals surface area contributed by atoms with Gasteiger partial charge in [0.2, 0.25) is 10.0 Å². The van der Waals surface area contributed by atoms with E-state index in [1.54, 1.807) is 18.2 Å². The highest BCUT2D eigenvalue weighted by Crippen LogP contribution is 2.46. The fourth-order valence-corrected chi connectivity index (χ4v) is 5.34. The molecule has 0 unspecified atom stereocenters. The maximum atomic E-state index is 12.4. The van der Waals surface area contributed by atoms with E-state index in [-0.39, 0.29) is 12.1 Å². The van der Waals surface area contributed by atoms with Crippen LogP contribution in [0.3, 0.4) is 0 Å². The van der Waals surface area contributed by atoms with Crippen molar-refractivity contribution in [2.75, 3.05) is 17.1 Å². The molecule has 0 aromatic heterocycles. The molecule has 2 aliphatic carbocycles. The van der Waals surface area contributed by atoms with Gasteiger partial charge >= 0.3 is 5.97 Å². The molecule has 2 saturated carbocycles. The van der Waals surface area contributed by atoms with Gasteiger partial charge in [0.05, 0.1) is 17.5 Å². The summed E-state index contributed by atoms with van der Waals surface area (Å²) < 4.78 is 30.6. The molecule has 0 amide bonds. The van der Waals surface area contributed by atoms with Crippen molar-refractivity contribution in [3.05, 3.63) is 29.3 Å². The van der Waals surface area contributed by atoms with Crippen molar-refractivity contribution >= 4 is 21.7 Å². The third-order valence-electron chi connectivity index (χ3n) is 5.50. The highest BCUT2D eigenvalue weighted by Gasteiger charge is 2.41. The van der Waals surface area contributed by atoms with E-state index in [1.807, 2.05) is 0 Å². The topological polar surface area (TPSA) is 63.7 Å². The zero-order chi connectivity index (χ0) is 16.2. The lowest BCUT2D eigenvalue weighted by molar-refractivity contribution is 0.0158. The lowest BCUT2D eigenvalue weighted by atomic mass is 9.97. The Kier molecular flexibility index (Phi) is 3.41. The lowest BCUT2D eigenvalue weighted by Gasteiger charge is -2.22. The summed E-state index contributed by atoms with van der Waals surface area (Å²) in [4.78, 5) is 12.4. The van der Waals surface area contributed by atoms with Crippen LogP contribution in [0.5, 0.6) is 0 Å². The van der Waals surface area contributed by atoms with E-state index in [0.717, 1.165) is 17.9 Å². The molecule has 1 aliphatic heterocycles. The lowest BCUT2D eigenvalue weighted by Crippen LogP contribution is -2.27. The smallest absolute Gasteiger partial charge is 0.338 e. The molecular formula is C17H21NO4S. The van der Waals surface area contributed by atoms with E-state index in [2.05, 4.69) is 0 Å². The molecule has 0 saturated heterocycles. The van der Waals surface area contributed by atoms with Crippen molar-refractivity contribution in [1.29, 1.82) is 0 Å². The third kappa shape index (κ3) is 2.63. The van der Waals surface area contributed by atoms with Gasteiger partial charge in [-0.15, -0.1) is 0 Å². The number of carbonyl (C=O) groups is 1. The summed E-state index contributed by atoms with van der Waals surface area (Å²) in [5.41, 5.74) is 2.11. The van der Waals surface area contributed by atoms with E-state index in [0.29, 0.717) is 30.1 Å². The maximum absolute atomic E-state index is 12.4. The summed E-state index contributed by atoms with van der Waals surface area (Å²) in [6.07, 6.45) is 6.57. The molecule has 6 heteroatoms. The number of hydrogen-bond acceptors (Lipinski definition) is 4. The Labute approximate surface area is 136 Å². The molecule has 0 spiro atoms. The van der Waals surface area contributed by atoms with Crippen LogP contribution in [0.1, 0.15) is 41.6 Å². The Morgan fingerprint density at radius 2 is 2.09 bits per heavy atom. The van der Waals surface area contributed by atoms with Crippen molar-refractivity contribution < 1.29 is 17.9 Å². The second-order valence-corrected chi connectivity index (χ2v) is 8.95. The van der Waals surface area contributed by atoms with Crippen molar-refractivity contribution in [3.63, 3.8) is 0 Å². The number of rotatable bonds is 3. The molecule has 23 heavy (non-hydrogen) atoms. The molecule has 0 N–H and O–H groups in total. The van der Waals surface area contributed by atoms with Gasteiger partial charge in [-0.25, -0.2) is 13.2 Å². The van der Waals surface area contributed by atoms with Crippen molar-refractivity contribution in [3.8, 4) is 0 Å². The summed E-state index contributed by atoms with van der Waals surface area (Å²) >= 11 is 0. The molecule has 2 bridgehead atoms. The molecule has 1 aromatic carbocycles. The summed E-state index contributed by atoms with van der Waals surface area (Å²) in [6, 6.07) is 5.19. The number of anilines is 1. The first-order valence-corrected chi connectivity index (χ1v) is 10.1. The van der Waals surface area contributed by atoms with E-state index in [1.165, 1.54) is 29.8 Å². The Morgan fingerprint density at radius 3 is 2.74 bits per heavy atom. The number of carbonyl (C=O) groups excluding carboxylic acids is 1. The van der Waals surface area contributed by atoms with Crippen LogP contribution in [0.2, 0.25) is 0 Å². The minimum Gasteiger partial charge on any atom is -0.458 e. The van der Waals surface area contributed by atoms with E-state index in [9.17, 15) is 13.2 Å². The predicted octanol–water partition coefficient (Wildman–Crippen LogP) is 2.35. The molecule has 1 heterocycles. The van der Waals surface area contributed by atoms with Crippen LogP contribution in [-0.4, -0.2) is 33.3 Å². The number of nitrogens with zero attached hydrogens (tertiary/aromatic N) is 1. The molecular weight excluding hydrogens is 314 g/mol. The van der Waals surface area contributed by atoms with Gasteiger partial charge in [0.25, 0.3) is 0 Å². The van der Waals surface area contributed by atoms with E-state index >= 15 is 0 Å².